The number of hydrogen-bond acceptors (Lipinski definition) is 4. The molecule has 144 valence electrons. The van der Waals surface area contributed by atoms with Crippen molar-refractivity contribution in [1.29, 1.82) is 0 Å². The van der Waals surface area contributed by atoms with Gasteiger partial charge in [0.15, 0.2) is 11.5 Å². The third-order valence-corrected chi connectivity index (χ3v) is 7.26. The summed E-state index contributed by atoms with van der Waals surface area (Å²) in [6.45, 7) is 7.62. The number of rotatable bonds is 3. The molecule has 0 amide bonds. The average Bonchev–Trinajstić information content (AvgIpc) is 3.30. The van der Waals surface area contributed by atoms with Gasteiger partial charge in [-0.1, -0.05) is 39.0 Å². The molecule has 27 heavy (non-hydrogen) atoms. The van der Waals surface area contributed by atoms with Crippen molar-refractivity contribution in [1.82, 2.24) is 4.31 Å². The summed E-state index contributed by atoms with van der Waals surface area (Å²) in [5.41, 5.74) is 2.22. The lowest BCUT2D eigenvalue weighted by molar-refractivity contribution is 0.174. The van der Waals surface area contributed by atoms with Crippen molar-refractivity contribution in [3.63, 3.8) is 0 Å². The highest BCUT2D eigenvalue weighted by Gasteiger charge is 2.34. The molecule has 0 spiro atoms. The van der Waals surface area contributed by atoms with Crippen LogP contribution in [-0.4, -0.2) is 32.6 Å². The summed E-state index contributed by atoms with van der Waals surface area (Å²) in [5, 5.41) is 0. The van der Waals surface area contributed by atoms with Gasteiger partial charge in [0.25, 0.3) is 0 Å². The molecule has 2 aliphatic heterocycles. The Bertz CT molecular complexity index is 945. The Morgan fingerprint density at radius 3 is 2.41 bits per heavy atom. The van der Waals surface area contributed by atoms with Crippen LogP contribution in [0.15, 0.2) is 47.4 Å². The Balaban J connectivity index is 1.52. The third-order valence-electron chi connectivity index (χ3n) is 5.38. The van der Waals surface area contributed by atoms with Gasteiger partial charge in [-0.25, -0.2) is 8.42 Å². The topological polar surface area (TPSA) is 55.8 Å². The number of ether oxygens (including phenoxy) is 2. The molecule has 0 bridgehead atoms. The van der Waals surface area contributed by atoms with Gasteiger partial charge in [0.1, 0.15) is 0 Å². The Kier molecular flexibility index (Phi) is 4.43. The molecule has 2 aromatic carbocycles. The van der Waals surface area contributed by atoms with E-state index in [-0.39, 0.29) is 18.1 Å². The van der Waals surface area contributed by atoms with Gasteiger partial charge < -0.3 is 9.47 Å². The molecule has 6 heteroatoms. The van der Waals surface area contributed by atoms with Gasteiger partial charge in [-0.15, -0.1) is 0 Å². The van der Waals surface area contributed by atoms with Crippen LogP contribution in [0.2, 0.25) is 0 Å². The molecule has 5 nitrogen and oxygen atoms in total. The molecule has 0 aliphatic carbocycles. The Labute approximate surface area is 161 Å². The molecule has 1 atom stereocenters. The summed E-state index contributed by atoms with van der Waals surface area (Å²) in [7, 11) is -3.48. The molecule has 0 radical (unpaired) electrons. The van der Waals surface area contributed by atoms with Crippen molar-refractivity contribution in [3.05, 3.63) is 53.6 Å². The van der Waals surface area contributed by atoms with E-state index in [0.29, 0.717) is 18.0 Å². The summed E-state index contributed by atoms with van der Waals surface area (Å²) < 4.78 is 38.5. The van der Waals surface area contributed by atoms with E-state index in [9.17, 15) is 8.42 Å². The zero-order chi connectivity index (χ0) is 19.2. The second kappa shape index (κ2) is 6.53. The van der Waals surface area contributed by atoms with E-state index in [1.807, 2.05) is 30.3 Å². The van der Waals surface area contributed by atoms with Gasteiger partial charge in [-0.2, -0.15) is 4.31 Å². The van der Waals surface area contributed by atoms with Crippen LogP contribution in [0.25, 0.3) is 0 Å². The predicted molar refractivity (Wildman–Crippen MR) is 104 cm³/mol. The number of fused-ring (bicyclic) bond motifs is 1. The average molecular weight is 388 g/mol. The Morgan fingerprint density at radius 2 is 1.70 bits per heavy atom. The molecular weight excluding hydrogens is 362 g/mol. The highest BCUT2D eigenvalue weighted by molar-refractivity contribution is 7.89. The van der Waals surface area contributed by atoms with Crippen LogP contribution in [0.3, 0.4) is 0 Å². The van der Waals surface area contributed by atoms with Gasteiger partial charge in [-0.05, 0) is 53.1 Å². The minimum absolute atomic E-state index is 0.000382. The van der Waals surface area contributed by atoms with E-state index >= 15 is 0 Å². The second-order valence-electron chi connectivity index (χ2n) is 8.24. The molecule has 4 rings (SSSR count). The third kappa shape index (κ3) is 3.44. The maximum Gasteiger partial charge on any atom is 0.243 e. The van der Waals surface area contributed by atoms with Gasteiger partial charge in [0.2, 0.25) is 16.8 Å². The van der Waals surface area contributed by atoms with E-state index in [1.54, 1.807) is 16.4 Å². The maximum atomic E-state index is 13.0. The fourth-order valence-electron chi connectivity index (χ4n) is 3.66. The van der Waals surface area contributed by atoms with Crippen molar-refractivity contribution < 1.29 is 17.9 Å². The van der Waals surface area contributed by atoms with Crippen LogP contribution < -0.4 is 9.47 Å². The largest absolute Gasteiger partial charge is 0.454 e. The quantitative estimate of drug-likeness (QED) is 0.802. The molecule has 1 saturated heterocycles. The summed E-state index contributed by atoms with van der Waals surface area (Å²) >= 11 is 0. The highest BCUT2D eigenvalue weighted by Crippen LogP contribution is 2.38. The predicted octanol–water partition coefficient (Wildman–Crippen LogP) is 3.89. The van der Waals surface area contributed by atoms with Crippen molar-refractivity contribution in [2.45, 2.75) is 43.4 Å². The summed E-state index contributed by atoms with van der Waals surface area (Å²) in [4.78, 5) is 0.363. The molecule has 0 saturated carbocycles. The van der Waals surface area contributed by atoms with Crippen molar-refractivity contribution in [3.8, 4) is 11.5 Å². The summed E-state index contributed by atoms with van der Waals surface area (Å²) in [6, 6.07) is 13.2. The van der Waals surface area contributed by atoms with Crippen LogP contribution in [0.1, 0.15) is 44.2 Å². The van der Waals surface area contributed by atoms with E-state index in [2.05, 4.69) is 20.8 Å². The number of nitrogens with zero attached hydrogens (tertiary/aromatic N) is 1. The zero-order valence-corrected chi connectivity index (χ0v) is 16.8. The van der Waals surface area contributed by atoms with E-state index < -0.39 is 10.0 Å². The lowest BCUT2D eigenvalue weighted by Gasteiger charge is -2.21. The molecule has 0 aromatic heterocycles. The van der Waals surface area contributed by atoms with Gasteiger partial charge in [-0.3, -0.25) is 0 Å². The van der Waals surface area contributed by atoms with Gasteiger partial charge in [0.05, 0.1) is 4.90 Å². The summed E-state index contributed by atoms with van der Waals surface area (Å²) in [6.07, 6.45) is 0.805. The molecule has 2 aromatic rings. The minimum atomic E-state index is -3.48. The first kappa shape index (κ1) is 18.3. The van der Waals surface area contributed by atoms with Crippen molar-refractivity contribution in [2.75, 3.05) is 19.9 Å². The summed E-state index contributed by atoms with van der Waals surface area (Å²) in [5.74, 6) is 1.66. The van der Waals surface area contributed by atoms with Gasteiger partial charge >= 0.3 is 0 Å². The van der Waals surface area contributed by atoms with E-state index in [1.165, 1.54) is 0 Å². The van der Waals surface area contributed by atoms with Crippen LogP contribution >= 0.6 is 0 Å². The van der Waals surface area contributed by atoms with Crippen LogP contribution in [0.4, 0.5) is 0 Å². The zero-order valence-electron chi connectivity index (χ0n) is 15.9. The second-order valence-corrected chi connectivity index (χ2v) is 10.2. The SMILES string of the molecule is CC(C)(C)c1ccc(S(=O)(=O)N2CCC(c3ccc4c(c3)OCO4)C2)cc1. The van der Waals surface area contributed by atoms with Crippen LogP contribution in [0.5, 0.6) is 11.5 Å². The molecule has 2 heterocycles. The molecule has 1 fully saturated rings. The number of benzene rings is 2. The fourth-order valence-corrected chi connectivity index (χ4v) is 5.16. The Hall–Kier alpha value is -2.05. The maximum absolute atomic E-state index is 13.0. The van der Waals surface area contributed by atoms with E-state index in [4.69, 9.17) is 9.47 Å². The highest BCUT2D eigenvalue weighted by atomic mass is 32.2. The van der Waals surface area contributed by atoms with Gasteiger partial charge in [0, 0.05) is 13.1 Å². The molecule has 0 N–H and O–H groups in total. The molecular formula is C21H25NO4S. The van der Waals surface area contributed by atoms with Crippen LogP contribution in [-0.2, 0) is 15.4 Å². The smallest absolute Gasteiger partial charge is 0.243 e. The fraction of sp³-hybridized carbons (Fsp3) is 0.429. The van der Waals surface area contributed by atoms with Crippen LogP contribution in [0, 0.1) is 0 Å². The monoisotopic (exact) mass is 387 g/mol. The number of sulfonamides is 1. The lowest BCUT2D eigenvalue weighted by atomic mass is 9.87. The first-order chi connectivity index (χ1) is 12.7. The first-order valence-corrected chi connectivity index (χ1v) is 10.7. The normalized spacial score (nSPS) is 20.2. The number of hydrogen-bond donors (Lipinski definition) is 0. The molecule has 1 unspecified atom stereocenters. The lowest BCUT2D eigenvalue weighted by Crippen LogP contribution is -2.28. The van der Waals surface area contributed by atoms with E-state index in [0.717, 1.165) is 29.0 Å². The minimum Gasteiger partial charge on any atom is -0.454 e. The first-order valence-electron chi connectivity index (χ1n) is 9.25. The van der Waals surface area contributed by atoms with Crippen molar-refractivity contribution in [2.24, 2.45) is 0 Å². The molecule has 2 aliphatic rings. The standard InChI is InChI=1S/C21H25NO4S/c1-21(2,3)17-5-7-18(8-6-17)27(23,24)22-11-10-16(13-22)15-4-9-19-20(12-15)26-14-25-19/h4-9,12,16H,10-11,13-14H2,1-3H3. The van der Waals surface area contributed by atoms with Crippen molar-refractivity contribution >= 4 is 10.0 Å². The Morgan fingerprint density at radius 1 is 1.00 bits per heavy atom.